The largest absolute Gasteiger partial charge is 0.328 e. The molecule has 1 nitrogen and oxygen atoms in total. The highest BCUT2D eigenvalue weighted by Gasteiger charge is 2.00. The van der Waals surface area contributed by atoms with Gasteiger partial charge in [-0.05, 0) is 12.8 Å². The van der Waals surface area contributed by atoms with Gasteiger partial charge in [0.25, 0.3) is 0 Å². The maximum Gasteiger partial charge on any atom is 0.00388 e. The summed E-state index contributed by atoms with van der Waals surface area (Å²) >= 11 is 0. The third kappa shape index (κ3) is 8.06. The first-order chi connectivity index (χ1) is 5.81. The standard InChI is InChI=1S/C11H25N/c1-3-5-7-9-11(12)10-8-6-4-2/h11H,3-10,12H2,1-2H3. The molecule has 0 heterocycles. The lowest BCUT2D eigenvalue weighted by Crippen LogP contribution is -2.19. The van der Waals surface area contributed by atoms with Crippen LogP contribution in [0, 0.1) is 0 Å². The maximum atomic E-state index is 5.96. The van der Waals surface area contributed by atoms with Crippen LogP contribution in [0.15, 0.2) is 0 Å². The van der Waals surface area contributed by atoms with Gasteiger partial charge in [-0.3, -0.25) is 0 Å². The number of rotatable bonds is 8. The summed E-state index contributed by atoms with van der Waals surface area (Å²) in [7, 11) is 0. The Morgan fingerprint density at radius 1 is 0.833 bits per heavy atom. The predicted octanol–water partition coefficient (Wildman–Crippen LogP) is 3.47. The van der Waals surface area contributed by atoms with Crippen LogP contribution in [-0.2, 0) is 0 Å². The molecule has 0 fully saturated rings. The molecule has 0 aliphatic heterocycles. The van der Waals surface area contributed by atoms with Crippen molar-refractivity contribution in [3.8, 4) is 0 Å². The summed E-state index contributed by atoms with van der Waals surface area (Å²) in [6.45, 7) is 4.48. The van der Waals surface area contributed by atoms with E-state index in [1.807, 2.05) is 0 Å². The van der Waals surface area contributed by atoms with Crippen LogP contribution in [0.3, 0.4) is 0 Å². The average Bonchev–Trinajstić information content (AvgIpc) is 2.06. The number of nitrogens with two attached hydrogens (primary N) is 1. The lowest BCUT2D eigenvalue weighted by Gasteiger charge is -2.09. The van der Waals surface area contributed by atoms with E-state index in [1.165, 1.54) is 51.4 Å². The van der Waals surface area contributed by atoms with Gasteiger partial charge in [0.15, 0.2) is 0 Å². The van der Waals surface area contributed by atoms with Crippen LogP contribution in [0.1, 0.15) is 65.2 Å². The minimum absolute atomic E-state index is 0.475. The zero-order chi connectivity index (χ0) is 9.23. The zero-order valence-corrected chi connectivity index (χ0v) is 8.81. The van der Waals surface area contributed by atoms with E-state index in [-0.39, 0.29) is 0 Å². The van der Waals surface area contributed by atoms with Gasteiger partial charge in [0, 0.05) is 6.04 Å². The molecule has 1 heteroatoms. The molecule has 0 aromatic rings. The number of hydrogen-bond acceptors (Lipinski definition) is 1. The molecule has 0 amide bonds. The van der Waals surface area contributed by atoms with Gasteiger partial charge in [0.2, 0.25) is 0 Å². The first-order valence-corrected chi connectivity index (χ1v) is 5.56. The van der Waals surface area contributed by atoms with E-state index in [1.54, 1.807) is 0 Å². The van der Waals surface area contributed by atoms with Gasteiger partial charge in [0.05, 0.1) is 0 Å². The second-order valence-electron chi connectivity index (χ2n) is 3.75. The second kappa shape index (κ2) is 9.05. The van der Waals surface area contributed by atoms with Crippen molar-refractivity contribution >= 4 is 0 Å². The van der Waals surface area contributed by atoms with Crippen LogP contribution in [0.4, 0.5) is 0 Å². The van der Waals surface area contributed by atoms with Crippen LogP contribution in [0.25, 0.3) is 0 Å². The molecule has 0 radical (unpaired) electrons. The molecule has 74 valence electrons. The summed E-state index contributed by atoms with van der Waals surface area (Å²) in [5.74, 6) is 0. The van der Waals surface area contributed by atoms with E-state index >= 15 is 0 Å². The van der Waals surface area contributed by atoms with Crippen molar-refractivity contribution in [1.82, 2.24) is 0 Å². The van der Waals surface area contributed by atoms with Crippen LogP contribution in [0.2, 0.25) is 0 Å². The molecule has 0 atom stereocenters. The van der Waals surface area contributed by atoms with Crippen molar-refractivity contribution in [2.45, 2.75) is 71.3 Å². The van der Waals surface area contributed by atoms with Gasteiger partial charge in [-0.15, -0.1) is 0 Å². The molecule has 0 aromatic carbocycles. The SMILES string of the molecule is CCCCCC(N)CCCCC. The average molecular weight is 171 g/mol. The van der Waals surface area contributed by atoms with E-state index in [2.05, 4.69) is 13.8 Å². The number of hydrogen-bond donors (Lipinski definition) is 1. The normalized spacial score (nSPS) is 11.0. The van der Waals surface area contributed by atoms with Crippen molar-refractivity contribution in [3.05, 3.63) is 0 Å². The first kappa shape index (κ1) is 12.0. The van der Waals surface area contributed by atoms with Gasteiger partial charge < -0.3 is 5.73 Å². The Hall–Kier alpha value is -0.0400. The van der Waals surface area contributed by atoms with Gasteiger partial charge in [-0.25, -0.2) is 0 Å². The molecule has 0 rings (SSSR count). The lowest BCUT2D eigenvalue weighted by atomic mass is 10.0. The van der Waals surface area contributed by atoms with Gasteiger partial charge in [0.1, 0.15) is 0 Å². The van der Waals surface area contributed by atoms with E-state index in [9.17, 15) is 0 Å². The Bertz CT molecular complexity index is 71.1. The van der Waals surface area contributed by atoms with Crippen LogP contribution < -0.4 is 5.73 Å². The molecular formula is C11H25N. The minimum Gasteiger partial charge on any atom is -0.328 e. The van der Waals surface area contributed by atoms with E-state index in [0.717, 1.165) is 0 Å². The molecule has 0 aliphatic rings. The Labute approximate surface area is 77.7 Å². The highest BCUT2D eigenvalue weighted by atomic mass is 14.6. The van der Waals surface area contributed by atoms with Crippen molar-refractivity contribution in [3.63, 3.8) is 0 Å². The van der Waals surface area contributed by atoms with E-state index in [0.29, 0.717) is 6.04 Å². The number of unbranched alkanes of at least 4 members (excludes halogenated alkanes) is 4. The third-order valence-corrected chi connectivity index (χ3v) is 2.36. The minimum atomic E-state index is 0.475. The van der Waals surface area contributed by atoms with E-state index < -0.39 is 0 Å². The van der Waals surface area contributed by atoms with Crippen LogP contribution in [0.5, 0.6) is 0 Å². The Kier molecular flexibility index (Phi) is 9.02. The first-order valence-electron chi connectivity index (χ1n) is 5.56. The van der Waals surface area contributed by atoms with Crippen LogP contribution >= 0.6 is 0 Å². The Balaban J connectivity index is 3.04. The van der Waals surface area contributed by atoms with Crippen molar-refractivity contribution in [1.29, 1.82) is 0 Å². The van der Waals surface area contributed by atoms with Gasteiger partial charge in [-0.1, -0.05) is 52.4 Å². The summed E-state index contributed by atoms with van der Waals surface area (Å²) in [4.78, 5) is 0. The molecule has 12 heavy (non-hydrogen) atoms. The fraction of sp³-hybridized carbons (Fsp3) is 1.00. The van der Waals surface area contributed by atoms with Crippen LogP contribution in [-0.4, -0.2) is 6.04 Å². The molecule has 0 saturated heterocycles. The smallest absolute Gasteiger partial charge is 0.00388 e. The Morgan fingerprint density at radius 2 is 1.25 bits per heavy atom. The van der Waals surface area contributed by atoms with Gasteiger partial charge in [-0.2, -0.15) is 0 Å². The summed E-state index contributed by atoms with van der Waals surface area (Å²) in [6.07, 6.45) is 10.4. The lowest BCUT2D eigenvalue weighted by molar-refractivity contribution is 0.502. The van der Waals surface area contributed by atoms with Crippen molar-refractivity contribution < 1.29 is 0 Å². The summed E-state index contributed by atoms with van der Waals surface area (Å²) in [6, 6.07) is 0.475. The summed E-state index contributed by atoms with van der Waals surface area (Å²) < 4.78 is 0. The molecule has 0 spiro atoms. The molecule has 0 aromatic heterocycles. The quantitative estimate of drug-likeness (QED) is 0.556. The molecule has 0 unspecified atom stereocenters. The molecule has 0 saturated carbocycles. The van der Waals surface area contributed by atoms with Crippen molar-refractivity contribution in [2.75, 3.05) is 0 Å². The second-order valence-corrected chi connectivity index (χ2v) is 3.75. The fourth-order valence-corrected chi connectivity index (χ4v) is 1.46. The Morgan fingerprint density at radius 3 is 1.58 bits per heavy atom. The fourth-order valence-electron chi connectivity index (χ4n) is 1.46. The molecular weight excluding hydrogens is 146 g/mol. The monoisotopic (exact) mass is 171 g/mol. The molecule has 2 N–H and O–H groups in total. The predicted molar refractivity (Wildman–Crippen MR) is 56.3 cm³/mol. The summed E-state index contributed by atoms with van der Waals surface area (Å²) in [5, 5.41) is 0. The topological polar surface area (TPSA) is 26.0 Å². The zero-order valence-electron chi connectivity index (χ0n) is 8.81. The van der Waals surface area contributed by atoms with E-state index in [4.69, 9.17) is 5.73 Å². The highest BCUT2D eigenvalue weighted by Crippen LogP contribution is 2.08. The molecule has 0 aliphatic carbocycles. The maximum absolute atomic E-state index is 5.96. The van der Waals surface area contributed by atoms with Crippen molar-refractivity contribution in [2.24, 2.45) is 5.73 Å². The summed E-state index contributed by atoms with van der Waals surface area (Å²) in [5.41, 5.74) is 5.96. The third-order valence-electron chi connectivity index (χ3n) is 2.36. The highest BCUT2D eigenvalue weighted by molar-refractivity contribution is 4.60. The van der Waals surface area contributed by atoms with Gasteiger partial charge >= 0.3 is 0 Å². The molecule has 0 bridgehead atoms.